The van der Waals surface area contributed by atoms with Crippen LogP contribution in [0.15, 0.2) is 4.99 Å². The number of aryl methyl sites for hydroxylation is 2. The number of hydrogen-bond acceptors (Lipinski definition) is 3. The number of aliphatic imine (C=N–C) groups is 1. The summed E-state index contributed by atoms with van der Waals surface area (Å²) in [4.78, 5) is 4.80. The van der Waals surface area contributed by atoms with Gasteiger partial charge in [-0.15, -0.1) is 24.0 Å². The summed E-state index contributed by atoms with van der Waals surface area (Å²) in [5.41, 5.74) is 3.72. The maximum Gasteiger partial charge on any atom is 0.191 e. The fourth-order valence-corrected chi connectivity index (χ4v) is 3.83. The van der Waals surface area contributed by atoms with Crippen LogP contribution in [-0.4, -0.2) is 41.5 Å². The van der Waals surface area contributed by atoms with Crippen LogP contribution in [0, 0.1) is 0 Å². The second-order valence-electron chi connectivity index (χ2n) is 7.31. The molecule has 1 saturated carbocycles. The highest BCUT2D eigenvalue weighted by atomic mass is 127. The molecule has 1 heterocycles. The number of nitrogens with one attached hydrogen (secondary N) is 2. The minimum atomic E-state index is 0. The molecule has 0 unspecified atom stereocenters. The van der Waals surface area contributed by atoms with Crippen molar-refractivity contribution in [1.82, 2.24) is 20.4 Å². The van der Waals surface area contributed by atoms with E-state index in [2.05, 4.69) is 36.5 Å². The number of nitrogens with zero attached hydrogens (tertiary/aromatic N) is 3. The average Bonchev–Trinajstić information content (AvgIpc) is 3.01. The molecule has 0 radical (unpaired) electrons. The number of ether oxygens (including phenoxy) is 1. The highest BCUT2D eigenvalue weighted by Crippen LogP contribution is 2.20. The van der Waals surface area contributed by atoms with E-state index >= 15 is 0 Å². The molecule has 0 bridgehead atoms. The topological polar surface area (TPSA) is 63.5 Å². The van der Waals surface area contributed by atoms with Crippen molar-refractivity contribution in [3.05, 3.63) is 17.0 Å². The van der Waals surface area contributed by atoms with Crippen LogP contribution < -0.4 is 10.6 Å². The SMILES string of the molecule is CCNC(=NCc1c(CC)nn(C)c1CC)NCCCOC1CCCCC1.I. The Labute approximate surface area is 188 Å². The van der Waals surface area contributed by atoms with E-state index in [0.717, 1.165) is 50.6 Å². The zero-order valence-electron chi connectivity index (χ0n) is 18.2. The third-order valence-electron chi connectivity index (χ3n) is 5.29. The first-order valence-corrected chi connectivity index (χ1v) is 10.9. The zero-order valence-corrected chi connectivity index (χ0v) is 20.6. The van der Waals surface area contributed by atoms with Gasteiger partial charge in [0.25, 0.3) is 0 Å². The van der Waals surface area contributed by atoms with E-state index in [1.54, 1.807) is 0 Å². The Hall–Kier alpha value is -0.830. The molecule has 162 valence electrons. The maximum absolute atomic E-state index is 6.01. The summed E-state index contributed by atoms with van der Waals surface area (Å²) >= 11 is 0. The van der Waals surface area contributed by atoms with Gasteiger partial charge in [0.15, 0.2) is 5.96 Å². The Morgan fingerprint density at radius 3 is 2.54 bits per heavy atom. The van der Waals surface area contributed by atoms with Gasteiger partial charge in [-0.3, -0.25) is 4.68 Å². The van der Waals surface area contributed by atoms with Crippen molar-refractivity contribution < 1.29 is 4.74 Å². The van der Waals surface area contributed by atoms with Crippen LogP contribution >= 0.6 is 24.0 Å². The molecule has 2 N–H and O–H groups in total. The lowest BCUT2D eigenvalue weighted by Crippen LogP contribution is -2.38. The quantitative estimate of drug-likeness (QED) is 0.219. The number of halogens is 1. The van der Waals surface area contributed by atoms with E-state index in [4.69, 9.17) is 9.73 Å². The van der Waals surface area contributed by atoms with Crippen LogP contribution in [-0.2, 0) is 31.2 Å². The Bertz CT molecular complexity index is 582. The molecule has 0 atom stereocenters. The predicted molar refractivity (Wildman–Crippen MR) is 128 cm³/mol. The lowest BCUT2D eigenvalue weighted by atomic mass is 9.98. The van der Waals surface area contributed by atoms with Crippen molar-refractivity contribution in [2.24, 2.45) is 12.0 Å². The summed E-state index contributed by atoms with van der Waals surface area (Å²) in [6.07, 6.45) is 9.94. The summed E-state index contributed by atoms with van der Waals surface area (Å²) < 4.78 is 8.01. The van der Waals surface area contributed by atoms with Gasteiger partial charge in [0.1, 0.15) is 0 Å². The third-order valence-corrected chi connectivity index (χ3v) is 5.29. The molecule has 2 rings (SSSR count). The van der Waals surface area contributed by atoms with E-state index in [1.807, 2.05) is 11.7 Å². The predicted octanol–water partition coefficient (Wildman–Crippen LogP) is 3.96. The molecule has 0 saturated heterocycles. The Kier molecular flexibility index (Phi) is 12.8. The fourth-order valence-electron chi connectivity index (χ4n) is 3.83. The number of rotatable bonds is 10. The highest BCUT2D eigenvalue weighted by Gasteiger charge is 2.14. The van der Waals surface area contributed by atoms with Gasteiger partial charge >= 0.3 is 0 Å². The van der Waals surface area contributed by atoms with Gasteiger partial charge < -0.3 is 15.4 Å². The van der Waals surface area contributed by atoms with Crippen molar-refractivity contribution in [3.8, 4) is 0 Å². The van der Waals surface area contributed by atoms with Gasteiger partial charge in [0, 0.05) is 38.0 Å². The lowest BCUT2D eigenvalue weighted by molar-refractivity contribution is 0.0277. The average molecular weight is 505 g/mol. The number of guanidine groups is 1. The molecule has 1 aromatic rings. The molecule has 0 spiro atoms. The van der Waals surface area contributed by atoms with Crippen LogP contribution in [0.4, 0.5) is 0 Å². The lowest BCUT2D eigenvalue weighted by Gasteiger charge is -2.22. The maximum atomic E-state index is 6.01. The van der Waals surface area contributed by atoms with E-state index in [9.17, 15) is 0 Å². The fraction of sp³-hybridized carbons (Fsp3) is 0.810. The van der Waals surface area contributed by atoms with Crippen molar-refractivity contribution in [2.75, 3.05) is 19.7 Å². The van der Waals surface area contributed by atoms with Crippen LogP contribution in [0.1, 0.15) is 76.2 Å². The van der Waals surface area contributed by atoms with Gasteiger partial charge in [0.05, 0.1) is 18.3 Å². The van der Waals surface area contributed by atoms with E-state index < -0.39 is 0 Å². The molecule has 6 nitrogen and oxygen atoms in total. The highest BCUT2D eigenvalue weighted by molar-refractivity contribution is 14.0. The van der Waals surface area contributed by atoms with Crippen LogP contribution in [0.25, 0.3) is 0 Å². The van der Waals surface area contributed by atoms with Crippen molar-refractivity contribution in [3.63, 3.8) is 0 Å². The second-order valence-corrected chi connectivity index (χ2v) is 7.31. The largest absolute Gasteiger partial charge is 0.378 e. The third kappa shape index (κ3) is 7.89. The normalized spacial score (nSPS) is 15.4. The summed E-state index contributed by atoms with van der Waals surface area (Å²) in [7, 11) is 2.03. The molecule has 0 amide bonds. The molecule has 1 aliphatic rings. The smallest absolute Gasteiger partial charge is 0.191 e. The zero-order chi connectivity index (χ0) is 19.5. The number of hydrogen-bond donors (Lipinski definition) is 2. The summed E-state index contributed by atoms with van der Waals surface area (Å²) in [6.45, 7) is 9.69. The Balaban J connectivity index is 0.00000392. The number of aromatic nitrogens is 2. The minimum Gasteiger partial charge on any atom is -0.378 e. The van der Waals surface area contributed by atoms with Gasteiger partial charge in [-0.25, -0.2) is 4.99 Å². The van der Waals surface area contributed by atoms with Crippen LogP contribution in [0.3, 0.4) is 0 Å². The molecular weight excluding hydrogens is 465 g/mol. The van der Waals surface area contributed by atoms with Crippen molar-refractivity contribution in [1.29, 1.82) is 0 Å². The van der Waals surface area contributed by atoms with Crippen molar-refractivity contribution >= 4 is 29.9 Å². The Morgan fingerprint density at radius 2 is 1.89 bits per heavy atom. The molecule has 1 fully saturated rings. The molecular formula is C21H40IN5O. The van der Waals surface area contributed by atoms with Crippen LogP contribution in [0.2, 0.25) is 0 Å². The molecule has 1 aromatic heterocycles. The van der Waals surface area contributed by atoms with Crippen molar-refractivity contribution in [2.45, 2.75) is 84.8 Å². The monoisotopic (exact) mass is 505 g/mol. The van der Waals surface area contributed by atoms with Gasteiger partial charge in [-0.2, -0.15) is 5.10 Å². The minimum absolute atomic E-state index is 0. The Morgan fingerprint density at radius 1 is 1.14 bits per heavy atom. The molecule has 7 heteroatoms. The first-order chi connectivity index (χ1) is 13.2. The summed E-state index contributed by atoms with van der Waals surface area (Å²) in [6, 6.07) is 0. The van der Waals surface area contributed by atoms with E-state index in [-0.39, 0.29) is 24.0 Å². The summed E-state index contributed by atoms with van der Waals surface area (Å²) in [5.74, 6) is 0.878. The first-order valence-electron chi connectivity index (χ1n) is 10.9. The van der Waals surface area contributed by atoms with E-state index in [1.165, 1.54) is 43.4 Å². The molecule has 0 aromatic carbocycles. The summed E-state index contributed by atoms with van der Waals surface area (Å²) in [5, 5.41) is 11.4. The van der Waals surface area contributed by atoms with Gasteiger partial charge in [-0.05, 0) is 39.0 Å². The molecule has 0 aliphatic heterocycles. The van der Waals surface area contributed by atoms with Gasteiger partial charge in [-0.1, -0.05) is 33.1 Å². The van der Waals surface area contributed by atoms with Crippen LogP contribution in [0.5, 0.6) is 0 Å². The second kappa shape index (κ2) is 14.2. The molecule has 28 heavy (non-hydrogen) atoms. The van der Waals surface area contributed by atoms with Gasteiger partial charge in [0.2, 0.25) is 0 Å². The van der Waals surface area contributed by atoms with E-state index in [0.29, 0.717) is 12.6 Å². The molecule has 1 aliphatic carbocycles. The first kappa shape index (κ1) is 25.2. The standard InChI is InChI=1S/C21H39N5O.HI/c1-5-19-18(20(6-2)26(4)25-19)16-24-21(22-7-3)23-14-11-15-27-17-12-9-8-10-13-17;/h17H,5-16H2,1-4H3,(H2,22,23,24);1H.